The number of nitrogens with zero attached hydrogens (tertiary/aromatic N) is 3. The van der Waals surface area contributed by atoms with E-state index in [9.17, 15) is 9.59 Å². The van der Waals surface area contributed by atoms with Crippen LogP contribution in [0.15, 0.2) is 114 Å². The highest BCUT2D eigenvalue weighted by atomic mass is 16.2. The number of aryl methyl sites for hydroxylation is 1. The molecule has 5 nitrogen and oxygen atoms in total. The fourth-order valence-electron chi connectivity index (χ4n) is 4.94. The van der Waals surface area contributed by atoms with Crippen LogP contribution in [-0.4, -0.2) is 26.9 Å². The van der Waals surface area contributed by atoms with Crippen molar-refractivity contribution in [2.45, 2.75) is 32.7 Å². The minimum Gasteiger partial charge on any atom is -0.328 e. The first kappa shape index (κ1) is 25.2. The molecule has 1 heterocycles. The third-order valence-electron chi connectivity index (χ3n) is 7.02. The normalized spacial score (nSPS) is 11.8. The molecule has 1 aromatic heterocycles. The van der Waals surface area contributed by atoms with Gasteiger partial charge in [-0.3, -0.25) is 14.2 Å². The van der Waals surface area contributed by atoms with Gasteiger partial charge in [0.25, 0.3) is 11.5 Å². The third kappa shape index (κ3) is 5.00. The van der Waals surface area contributed by atoms with Gasteiger partial charge in [0, 0.05) is 12.1 Å². The summed E-state index contributed by atoms with van der Waals surface area (Å²) in [5.74, 6) is 0.457. The molecule has 5 rings (SSSR count). The summed E-state index contributed by atoms with van der Waals surface area (Å²) in [4.78, 5) is 34.7. The van der Waals surface area contributed by atoms with E-state index in [1.807, 2.05) is 109 Å². The van der Waals surface area contributed by atoms with E-state index < -0.39 is 6.04 Å². The molecule has 0 fully saturated rings. The Labute approximate surface area is 223 Å². The molecule has 0 aliphatic heterocycles. The van der Waals surface area contributed by atoms with Gasteiger partial charge in [0.15, 0.2) is 0 Å². The molecule has 1 unspecified atom stereocenters. The molecule has 38 heavy (non-hydrogen) atoms. The molecular weight excluding hydrogens is 470 g/mol. The van der Waals surface area contributed by atoms with Gasteiger partial charge in [-0.2, -0.15) is 0 Å². The first-order chi connectivity index (χ1) is 18.6. The lowest BCUT2D eigenvalue weighted by molar-refractivity contribution is 0.0683. The number of aromatic nitrogens is 2. The molecule has 1 amide bonds. The van der Waals surface area contributed by atoms with Crippen molar-refractivity contribution in [2.75, 3.05) is 6.54 Å². The molecular formula is C33H31N3O2. The number of hydrogen-bond acceptors (Lipinski definition) is 3. The van der Waals surface area contributed by atoms with Crippen molar-refractivity contribution >= 4 is 16.8 Å². The second-order valence-electron chi connectivity index (χ2n) is 9.39. The number of hydrogen-bond donors (Lipinski definition) is 0. The van der Waals surface area contributed by atoms with Gasteiger partial charge >= 0.3 is 0 Å². The second kappa shape index (κ2) is 11.3. The summed E-state index contributed by atoms with van der Waals surface area (Å²) in [5, 5.41) is 0.555. The first-order valence-corrected chi connectivity index (χ1v) is 13.1. The van der Waals surface area contributed by atoms with Gasteiger partial charge in [-0.05, 0) is 61.2 Å². The molecule has 4 aromatic carbocycles. The van der Waals surface area contributed by atoms with Gasteiger partial charge in [0.05, 0.1) is 22.6 Å². The zero-order chi connectivity index (χ0) is 26.5. The van der Waals surface area contributed by atoms with Crippen LogP contribution in [0.2, 0.25) is 0 Å². The molecule has 0 saturated heterocycles. The average molecular weight is 502 g/mol. The molecule has 0 saturated carbocycles. The highest BCUT2D eigenvalue weighted by Gasteiger charge is 2.28. The Bertz CT molecular complexity index is 1610. The number of fused-ring (bicyclic) bond motifs is 1. The summed E-state index contributed by atoms with van der Waals surface area (Å²) < 4.78 is 1.71. The van der Waals surface area contributed by atoms with Crippen molar-refractivity contribution in [2.24, 2.45) is 0 Å². The van der Waals surface area contributed by atoms with Crippen molar-refractivity contribution in [1.29, 1.82) is 0 Å². The van der Waals surface area contributed by atoms with E-state index in [2.05, 4.69) is 19.1 Å². The van der Waals surface area contributed by atoms with Crippen molar-refractivity contribution < 1.29 is 4.79 Å². The number of rotatable bonds is 8. The zero-order valence-electron chi connectivity index (χ0n) is 21.7. The van der Waals surface area contributed by atoms with E-state index >= 15 is 0 Å². The fraction of sp³-hybridized carbons (Fsp3) is 0.182. The average Bonchev–Trinajstić information content (AvgIpc) is 2.98. The lowest BCUT2D eigenvalue weighted by atomic mass is 10.1. The van der Waals surface area contributed by atoms with Gasteiger partial charge < -0.3 is 4.90 Å². The Hall–Kier alpha value is -4.51. The van der Waals surface area contributed by atoms with Gasteiger partial charge in [0.2, 0.25) is 0 Å². The van der Waals surface area contributed by atoms with E-state index in [1.165, 1.54) is 0 Å². The summed E-state index contributed by atoms with van der Waals surface area (Å²) in [6, 6.07) is 34.3. The smallest absolute Gasteiger partial charge is 0.266 e. The van der Waals surface area contributed by atoms with Crippen molar-refractivity contribution in [3.8, 4) is 5.69 Å². The molecule has 0 bridgehead atoms. The largest absolute Gasteiger partial charge is 0.328 e. The Morgan fingerprint density at radius 3 is 2.21 bits per heavy atom. The van der Waals surface area contributed by atoms with E-state index in [4.69, 9.17) is 4.98 Å². The monoisotopic (exact) mass is 501 g/mol. The van der Waals surface area contributed by atoms with E-state index in [1.54, 1.807) is 4.57 Å². The van der Waals surface area contributed by atoms with Crippen LogP contribution in [0.3, 0.4) is 0 Å². The van der Waals surface area contributed by atoms with E-state index in [0.717, 1.165) is 23.2 Å². The quantitative estimate of drug-likeness (QED) is 0.247. The molecule has 0 radical (unpaired) electrons. The summed E-state index contributed by atoms with van der Waals surface area (Å²) in [6.45, 7) is 4.52. The Balaban J connectivity index is 1.67. The molecule has 0 aliphatic rings. The highest BCUT2D eigenvalue weighted by molar-refractivity contribution is 5.94. The van der Waals surface area contributed by atoms with Crippen LogP contribution >= 0.6 is 0 Å². The SMILES string of the molecule is CCc1ccccc1-n1c(C(C)N(CCc2ccccc2)C(=O)c2ccccc2)nc2ccccc2c1=O. The summed E-state index contributed by atoms with van der Waals surface area (Å²) >= 11 is 0. The molecule has 190 valence electrons. The van der Waals surface area contributed by atoms with Crippen LogP contribution in [-0.2, 0) is 12.8 Å². The van der Waals surface area contributed by atoms with Crippen LogP contribution in [0, 0.1) is 0 Å². The Morgan fingerprint density at radius 1 is 0.842 bits per heavy atom. The van der Waals surface area contributed by atoms with E-state index in [0.29, 0.717) is 35.3 Å². The first-order valence-electron chi connectivity index (χ1n) is 13.1. The minimum absolute atomic E-state index is 0.0910. The number of carbonyl (C=O) groups excluding carboxylic acids is 1. The van der Waals surface area contributed by atoms with Crippen LogP contribution in [0.1, 0.15) is 47.2 Å². The predicted octanol–water partition coefficient (Wildman–Crippen LogP) is 6.39. The predicted molar refractivity (Wildman–Crippen MR) is 153 cm³/mol. The van der Waals surface area contributed by atoms with Gasteiger partial charge in [-0.25, -0.2) is 4.98 Å². The third-order valence-corrected chi connectivity index (χ3v) is 7.02. The van der Waals surface area contributed by atoms with Gasteiger partial charge in [-0.1, -0.05) is 85.8 Å². The van der Waals surface area contributed by atoms with Crippen LogP contribution in [0.25, 0.3) is 16.6 Å². The number of carbonyl (C=O) groups is 1. The second-order valence-corrected chi connectivity index (χ2v) is 9.39. The molecule has 0 spiro atoms. The number of para-hydroxylation sites is 2. The maximum absolute atomic E-state index is 14.0. The molecule has 0 N–H and O–H groups in total. The summed E-state index contributed by atoms with van der Waals surface area (Å²) in [5.41, 5.74) is 4.09. The zero-order valence-corrected chi connectivity index (χ0v) is 21.7. The highest BCUT2D eigenvalue weighted by Crippen LogP contribution is 2.26. The number of amides is 1. The van der Waals surface area contributed by atoms with Gasteiger partial charge in [-0.15, -0.1) is 0 Å². The van der Waals surface area contributed by atoms with Crippen LogP contribution in [0.4, 0.5) is 0 Å². The molecule has 0 aliphatic carbocycles. The Kier molecular flexibility index (Phi) is 7.45. The maximum atomic E-state index is 14.0. The fourth-order valence-corrected chi connectivity index (χ4v) is 4.94. The standard InChI is InChI=1S/C33H31N3O2/c1-3-26-16-10-13-21-30(26)36-31(34-29-20-12-11-19-28(29)33(36)38)24(2)35(23-22-25-14-6-4-7-15-25)32(37)27-17-8-5-9-18-27/h4-21,24H,3,22-23H2,1-2H3. The lowest BCUT2D eigenvalue weighted by Crippen LogP contribution is -2.39. The maximum Gasteiger partial charge on any atom is 0.266 e. The van der Waals surface area contributed by atoms with E-state index in [-0.39, 0.29) is 11.5 Å². The summed E-state index contributed by atoms with van der Waals surface area (Å²) in [6.07, 6.45) is 1.46. The molecule has 5 heteroatoms. The lowest BCUT2D eigenvalue weighted by Gasteiger charge is -2.31. The van der Waals surface area contributed by atoms with Crippen molar-refractivity contribution in [3.63, 3.8) is 0 Å². The number of benzene rings is 4. The van der Waals surface area contributed by atoms with Crippen molar-refractivity contribution in [3.05, 3.63) is 142 Å². The topological polar surface area (TPSA) is 55.2 Å². The Morgan fingerprint density at radius 2 is 1.47 bits per heavy atom. The van der Waals surface area contributed by atoms with Gasteiger partial charge in [0.1, 0.15) is 5.82 Å². The summed E-state index contributed by atoms with van der Waals surface area (Å²) in [7, 11) is 0. The van der Waals surface area contributed by atoms with Crippen molar-refractivity contribution in [1.82, 2.24) is 14.5 Å². The molecule has 1 atom stereocenters. The molecule has 5 aromatic rings. The van der Waals surface area contributed by atoms with Crippen LogP contribution < -0.4 is 5.56 Å². The minimum atomic E-state index is -0.464. The van der Waals surface area contributed by atoms with Crippen LogP contribution in [0.5, 0.6) is 0 Å².